The highest BCUT2D eigenvalue weighted by molar-refractivity contribution is 6.30. The zero-order valence-electron chi connectivity index (χ0n) is 12.1. The zero-order chi connectivity index (χ0) is 16.4. The van der Waals surface area contributed by atoms with E-state index >= 15 is 0 Å². The third-order valence-electron chi connectivity index (χ3n) is 3.70. The second kappa shape index (κ2) is 6.42. The molecule has 2 aromatic rings. The molecule has 1 aromatic heterocycles. The number of nitrogens with zero attached hydrogens (tertiary/aromatic N) is 1. The maximum Gasteiger partial charge on any atom is 0.229 e. The lowest BCUT2D eigenvalue weighted by Crippen LogP contribution is -2.28. The largest absolute Gasteiger partial charge is 0.467 e. The molecule has 5 nitrogen and oxygen atoms in total. The van der Waals surface area contributed by atoms with Gasteiger partial charge in [0.25, 0.3) is 0 Å². The van der Waals surface area contributed by atoms with Crippen LogP contribution < -0.4 is 5.32 Å². The van der Waals surface area contributed by atoms with Crippen molar-refractivity contribution in [2.24, 2.45) is 5.92 Å². The van der Waals surface area contributed by atoms with E-state index in [1.165, 1.54) is 18.4 Å². The van der Waals surface area contributed by atoms with E-state index in [-0.39, 0.29) is 35.5 Å². The Morgan fingerprint density at radius 3 is 2.96 bits per heavy atom. The van der Waals surface area contributed by atoms with Crippen molar-refractivity contribution in [3.8, 4) is 0 Å². The lowest BCUT2D eigenvalue weighted by Gasteiger charge is -2.15. The van der Waals surface area contributed by atoms with Crippen molar-refractivity contribution in [3.05, 3.63) is 53.2 Å². The van der Waals surface area contributed by atoms with Crippen molar-refractivity contribution in [1.29, 1.82) is 0 Å². The summed E-state index contributed by atoms with van der Waals surface area (Å²) < 4.78 is 18.9. The summed E-state index contributed by atoms with van der Waals surface area (Å²) >= 11 is 5.67. The molecular formula is C16H14ClFN2O3. The van der Waals surface area contributed by atoms with Crippen LogP contribution >= 0.6 is 11.6 Å². The topological polar surface area (TPSA) is 62.6 Å². The fourth-order valence-electron chi connectivity index (χ4n) is 2.52. The van der Waals surface area contributed by atoms with E-state index in [0.717, 1.165) is 6.07 Å². The van der Waals surface area contributed by atoms with Gasteiger partial charge in [-0.05, 0) is 30.3 Å². The summed E-state index contributed by atoms with van der Waals surface area (Å²) in [6.45, 7) is 0.603. The Hall–Kier alpha value is -2.34. The molecule has 1 fully saturated rings. The maximum atomic E-state index is 13.7. The van der Waals surface area contributed by atoms with Crippen molar-refractivity contribution < 1.29 is 18.4 Å². The number of hydrogen-bond donors (Lipinski definition) is 1. The van der Waals surface area contributed by atoms with Crippen LogP contribution in [0, 0.1) is 11.7 Å². The lowest BCUT2D eigenvalue weighted by atomic mass is 10.1. The first-order chi connectivity index (χ1) is 11.0. The van der Waals surface area contributed by atoms with Crippen molar-refractivity contribution in [2.75, 3.05) is 11.9 Å². The quantitative estimate of drug-likeness (QED) is 0.933. The summed E-state index contributed by atoms with van der Waals surface area (Å²) in [7, 11) is 0. The summed E-state index contributed by atoms with van der Waals surface area (Å²) in [6.07, 6.45) is 1.63. The summed E-state index contributed by atoms with van der Waals surface area (Å²) in [5, 5.41) is 2.76. The van der Waals surface area contributed by atoms with Gasteiger partial charge in [0.05, 0.1) is 24.4 Å². The molecule has 0 radical (unpaired) electrons. The minimum atomic E-state index is -0.609. The zero-order valence-corrected chi connectivity index (χ0v) is 12.8. The van der Waals surface area contributed by atoms with Gasteiger partial charge in [0, 0.05) is 18.0 Å². The summed E-state index contributed by atoms with van der Waals surface area (Å²) in [6, 6.07) is 7.52. The second-order valence-electron chi connectivity index (χ2n) is 5.37. The third kappa shape index (κ3) is 3.53. The number of rotatable bonds is 4. The molecule has 1 aromatic carbocycles. The number of amides is 2. The fraction of sp³-hybridized carbons (Fsp3) is 0.250. The smallest absolute Gasteiger partial charge is 0.229 e. The molecule has 0 unspecified atom stereocenters. The lowest BCUT2D eigenvalue weighted by molar-refractivity contribution is -0.128. The van der Waals surface area contributed by atoms with Crippen molar-refractivity contribution in [3.63, 3.8) is 0 Å². The number of furan rings is 1. The molecular weight excluding hydrogens is 323 g/mol. The van der Waals surface area contributed by atoms with Crippen LogP contribution in [0.15, 0.2) is 41.0 Å². The molecule has 1 aliphatic rings. The van der Waals surface area contributed by atoms with Crippen molar-refractivity contribution >= 4 is 29.1 Å². The number of anilines is 1. The van der Waals surface area contributed by atoms with Crippen LogP contribution in [0.4, 0.5) is 10.1 Å². The van der Waals surface area contributed by atoms with Crippen LogP contribution in [0.5, 0.6) is 0 Å². The number of nitrogens with one attached hydrogen (secondary N) is 1. The second-order valence-corrected chi connectivity index (χ2v) is 5.80. The normalized spacial score (nSPS) is 17.6. The number of benzene rings is 1. The molecule has 2 heterocycles. The first kappa shape index (κ1) is 15.6. The van der Waals surface area contributed by atoms with Gasteiger partial charge in [-0.15, -0.1) is 0 Å². The maximum absolute atomic E-state index is 13.7. The van der Waals surface area contributed by atoms with Crippen LogP contribution in [-0.2, 0) is 16.1 Å². The summed E-state index contributed by atoms with van der Waals surface area (Å²) in [4.78, 5) is 25.8. The van der Waals surface area contributed by atoms with Gasteiger partial charge in [0.15, 0.2) is 0 Å². The minimum Gasteiger partial charge on any atom is -0.467 e. The van der Waals surface area contributed by atoms with Gasteiger partial charge in [-0.25, -0.2) is 4.39 Å². The summed E-state index contributed by atoms with van der Waals surface area (Å²) in [5.41, 5.74) is 0.0522. The molecule has 1 aliphatic heterocycles. The highest BCUT2D eigenvalue weighted by Crippen LogP contribution is 2.24. The van der Waals surface area contributed by atoms with Gasteiger partial charge in [0.1, 0.15) is 11.6 Å². The van der Waals surface area contributed by atoms with E-state index in [9.17, 15) is 14.0 Å². The molecule has 2 amide bonds. The fourth-order valence-corrected chi connectivity index (χ4v) is 2.68. The number of hydrogen-bond acceptors (Lipinski definition) is 3. The molecule has 3 rings (SSSR count). The van der Waals surface area contributed by atoms with Crippen LogP contribution in [0.2, 0.25) is 5.02 Å². The standard InChI is InChI=1S/C16H14ClFN2O3/c17-11-3-4-14(13(18)7-11)19-16(22)10-6-15(21)20(8-10)9-12-2-1-5-23-12/h1-5,7,10H,6,8-9H2,(H,19,22)/t10-/m0/s1. The van der Waals surface area contributed by atoms with Crippen LogP contribution in [0.3, 0.4) is 0 Å². The molecule has 120 valence electrons. The Morgan fingerprint density at radius 1 is 1.43 bits per heavy atom. The highest BCUT2D eigenvalue weighted by Gasteiger charge is 2.34. The van der Waals surface area contributed by atoms with Crippen molar-refractivity contribution in [1.82, 2.24) is 4.90 Å². The molecule has 1 N–H and O–H groups in total. The molecule has 0 bridgehead atoms. The molecule has 23 heavy (non-hydrogen) atoms. The molecule has 0 saturated carbocycles. The van der Waals surface area contributed by atoms with Gasteiger partial charge in [-0.1, -0.05) is 11.6 Å². The first-order valence-corrected chi connectivity index (χ1v) is 7.47. The Balaban J connectivity index is 1.63. The molecule has 7 heteroatoms. The van der Waals surface area contributed by atoms with E-state index in [2.05, 4.69) is 5.32 Å². The van der Waals surface area contributed by atoms with Crippen molar-refractivity contribution in [2.45, 2.75) is 13.0 Å². The van der Waals surface area contributed by atoms with Gasteiger partial charge in [-0.3, -0.25) is 9.59 Å². The summed E-state index contributed by atoms with van der Waals surface area (Å²) in [5.74, 6) is -0.988. The van der Waals surface area contributed by atoms with Gasteiger partial charge >= 0.3 is 0 Å². The number of halogens is 2. The molecule has 0 aliphatic carbocycles. The average Bonchev–Trinajstić information content (AvgIpc) is 3.13. The number of carbonyl (C=O) groups excluding carboxylic acids is 2. The third-order valence-corrected chi connectivity index (χ3v) is 3.94. The average molecular weight is 337 g/mol. The van der Waals surface area contributed by atoms with E-state index in [4.69, 9.17) is 16.0 Å². The van der Waals surface area contributed by atoms with Crippen LogP contribution in [0.1, 0.15) is 12.2 Å². The predicted molar refractivity (Wildman–Crippen MR) is 82.3 cm³/mol. The van der Waals surface area contributed by atoms with E-state index in [1.807, 2.05) is 0 Å². The van der Waals surface area contributed by atoms with Crippen LogP contribution in [-0.4, -0.2) is 23.3 Å². The molecule has 1 saturated heterocycles. The Bertz CT molecular complexity index is 733. The Labute approximate surface area is 137 Å². The number of carbonyl (C=O) groups is 2. The minimum absolute atomic E-state index is 0.0522. The monoisotopic (exact) mass is 336 g/mol. The van der Waals surface area contributed by atoms with E-state index in [1.54, 1.807) is 17.0 Å². The molecule has 0 spiro atoms. The van der Waals surface area contributed by atoms with Crippen LogP contribution in [0.25, 0.3) is 0 Å². The van der Waals surface area contributed by atoms with E-state index < -0.39 is 11.7 Å². The number of likely N-dealkylation sites (tertiary alicyclic amines) is 1. The highest BCUT2D eigenvalue weighted by atomic mass is 35.5. The van der Waals surface area contributed by atoms with E-state index in [0.29, 0.717) is 12.3 Å². The van der Waals surface area contributed by atoms with Gasteiger partial charge in [0.2, 0.25) is 11.8 Å². The Morgan fingerprint density at radius 2 is 2.26 bits per heavy atom. The first-order valence-electron chi connectivity index (χ1n) is 7.09. The van der Waals surface area contributed by atoms with Gasteiger partial charge in [-0.2, -0.15) is 0 Å². The molecule has 1 atom stereocenters. The van der Waals surface area contributed by atoms with Gasteiger partial charge < -0.3 is 14.6 Å². The predicted octanol–water partition coefficient (Wildman–Crippen LogP) is 3.06. The SMILES string of the molecule is O=C(Nc1ccc(Cl)cc1F)[C@H]1CC(=O)N(Cc2ccco2)C1. The Kier molecular flexibility index (Phi) is 4.34.